The zero-order valence-corrected chi connectivity index (χ0v) is 17.2. The van der Waals surface area contributed by atoms with Gasteiger partial charge in [-0.05, 0) is 31.4 Å². The van der Waals surface area contributed by atoms with Gasteiger partial charge in [-0.2, -0.15) is 0 Å². The van der Waals surface area contributed by atoms with E-state index in [4.69, 9.17) is 14.2 Å². The normalized spacial score (nSPS) is 23.0. The molecule has 0 spiro atoms. The first-order valence-electron chi connectivity index (χ1n) is 10.2. The van der Waals surface area contributed by atoms with Gasteiger partial charge in [0.15, 0.2) is 5.78 Å². The number of ketones is 1. The van der Waals surface area contributed by atoms with Gasteiger partial charge in [0.2, 0.25) is 5.88 Å². The minimum absolute atomic E-state index is 0.0578. The Morgan fingerprint density at radius 2 is 1.87 bits per heavy atom. The van der Waals surface area contributed by atoms with Crippen LogP contribution in [0.5, 0.6) is 5.88 Å². The Bertz CT molecular complexity index is 903. The summed E-state index contributed by atoms with van der Waals surface area (Å²) in [4.78, 5) is 31.9. The monoisotopic (exact) mass is 410 g/mol. The van der Waals surface area contributed by atoms with Gasteiger partial charge in [0.25, 0.3) is 0 Å². The highest BCUT2D eigenvalue weighted by atomic mass is 16.6. The topological polar surface area (TPSA) is 78.0 Å². The molecule has 2 aliphatic rings. The molecular weight excluding hydrogens is 384 g/mol. The van der Waals surface area contributed by atoms with Gasteiger partial charge >= 0.3 is 6.09 Å². The van der Waals surface area contributed by atoms with Crippen LogP contribution in [0.15, 0.2) is 42.6 Å². The summed E-state index contributed by atoms with van der Waals surface area (Å²) in [6.45, 7) is 2.94. The molecule has 2 aromatic rings. The lowest BCUT2D eigenvalue weighted by atomic mass is 9.81. The number of nitrogens with zero attached hydrogens (tertiary/aromatic N) is 2. The van der Waals surface area contributed by atoms with Gasteiger partial charge in [-0.15, -0.1) is 0 Å². The van der Waals surface area contributed by atoms with E-state index in [-0.39, 0.29) is 36.5 Å². The summed E-state index contributed by atoms with van der Waals surface area (Å²) in [7, 11) is 1.56. The number of carbonyl (C=O) groups excluding carboxylic acids is 2. The molecule has 3 heterocycles. The number of hydrogen-bond donors (Lipinski definition) is 0. The van der Waals surface area contributed by atoms with Gasteiger partial charge in [0.1, 0.15) is 6.61 Å². The van der Waals surface area contributed by atoms with Crippen molar-refractivity contribution in [2.45, 2.75) is 38.5 Å². The van der Waals surface area contributed by atoms with E-state index in [2.05, 4.69) is 4.98 Å². The predicted octanol–water partition coefficient (Wildman–Crippen LogP) is 3.40. The largest absolute Gasteiger partial charge is 0.481 e. The number of amides is 1. The number of carbonyl (C=O) groups is 2. The number of fused-ring (bicyclic) bond motifs is 2. The molecule has 2 bridgehead atoms. The summed E-state index contributed by atoms with van der Waals surface area (Å²) in [5.41, 5.74) is 2.35. The Kier molecular flexibility index (Phi) is 5.99. The lowest BCUT2D eigenvalue weighted by Crippen LogP contribution is -2.59. The number of ether oxygens (including phenoxy) is 3. The Balaban J connectivity index is 1.43. The first-order valence-corrected chi connectivity index (χ1v) is 10.2. The van der Waals surface area contributed by atoms with Crippen molar-refractivity contribution in [1.82, 2.24) is 9.88 Å². The van der Waals surface area contributed by atoms with Crippen LogP contribution in [0.4, 0.5) is 4.79 Å². The molecule has 1 aromatic carbocycles. The molecular formula is C23H26N2O5. The standard InChI is InChI=1S/C23H26N2O5/c1-15-8-18(11-24-22(15)28-2)21(26)17-9-19-13-29-14-20(10-17)25(19)23(27)30-12-16-6-4-3-5-7-16/h3-8,11,17,19-20H,9-10,12-14H2,1-2H3. The average molecular weight is 410 g/mol. The minimum Gasteiger partial charge on any atom is -0.481 e. The molecule has 2 unspecified atom stereocenters. The fourth-order valence-corrected chi connectivity index (χ4v) is 4.37. The Morgan fingerprint density at radius 3 is 2.50 bits per heavy atom. The number of methoxy groups -OCH3 is 1. The van der Waals surface area contributed by atoms with Gasteiger partial charge < -0.3 is 14.2 Å². The maximum Gasteiger partial charge on any atom is 0.410 e. The number of aromatic nitrogens is 1. The summed E-state index contributed by atoms with van der Waals surface area (Å²) in [5, 5.41) is 0. The highest BCUT2D eigenvalue weighted by Crippen LogP contribution is 2.34. The number of Topliss-reactive ketones (excluding diaryl/α,β-unsaturated/α-hetero) is 1. The third-order valence-electron chi connectivity index (χ3n) is 5.82. The number of aryl methyl sites for hydroxylation is 1. The molecule has 158 valence electrons. The van der Waals surface area contributed by atoms with Gasteiger partial charge in [0, 0.05) is 23.2 Å². The van der Waals surface area contributed by atoms with Crippen molar-refractivity contribution >= 4 is 11.9 Å². The molecule has 2 fully saturated rings. The summed E-state index contributed by atoms with van der Waals surface area (Å²) < 4.78 is 16.4. The lowest BCUT2D eigenvalue weighted by Gasteiger charge is -2.47. The number of pyridine rings is 1. The molecule has 1 amide bonds. The van der Waals surface area contributed by atoms with Crippen LogP contribution in [-0.2, 0) is 16.1 Å². The molecule has 0 saturated carbocycles. The number of benzene rings is 1. The molecule has 2 aliphatic heterocycles. The quantitative estimate of drug-likeness (QED) is 0.703. The van der Waals surface area contributed by atoms with Gasteiger partial charge in [-0.3, -0.25) is 9.69 Å². The van der Waals surface area contributed by atoms with Crippen LogP contribution < -0.4 is 4.74 Å². The molecule has 7 heteroatoms. The van der Waals surface area contributed by atoms with Crippen LogP contribution in [0.3, 0.4) is 0 Å². The van der Waals surface area contributed by atoms with E-state index in [1.807, 2.05) is 43.3 Å². The summed E-state index contributed by atoms with van der Waals surface area (Å²) >= 11 is 0. The average Bonchev–Trinajstić information content (AvgIpc) is 2.76. The smallest absolute Gasteiger partial charge is 0.410 e. The fraction of sp³-hybridized carbons (Fsp3) is 0.435. The third-order valence-corrected chi connectivity index (χ3v) is 5.82. The second-order valence-electron chi connectivity index (χ2n) is 7.88. The van der Waals surface area contributed by atoms with Crippen LogP contribution in [0.1, 0.15) is 34.3 Å². The number of piperidine rings is 1. The number of morpholine rings is 1. The SMILES string of the molecule is COc1ncc(C(=O)C2CC3COCC(C2)N3C(=O)OCc2ccccc2)cc1C. The lowest BCUT2D eigenvalue weighted by molar-refractivity contribution is -0.0755. The molecule has 30 heavy (non-hydrogen) atoms. The predicted molar refractivity (Wildman–Crippen MR) is 109 cm³/mol. The van der Waals surface area contributed by atoms with Crippen molar-refractivity contribution in [2.24, 2.45) is 5.92 Å². The molecule has 2 saturated heterocycles. The second-order valence-corrected chi connectivity index (χ2v) is 7.88. The van der Waals surface area contributed by atoms with Crippen LogP contribution in [0, 0.1) is 12.8 Å². The summed E-state index contributed by atoms with van der Waals surface area (Å²) in [6, 6.07) is 11.1. The van der Waals surface area contributed by atoms with Crippen LogP contribution in [0.2, 0.25) is 0 Å². The van der Waals surface area contributed by atoms with Crippen molar-refractivity contribution in [3.05, 3.63) is 59.3 Å². The minimum atomic E-state index is -0.343. The Hall–Kier alpha value is -2.93. The zero-order valence-electron chi connectivity index (χ0n) is 17.2. The number of rotatable bonds is 5. The molecule has 7 nitrogen and oxygen atoms in total. The molecule has 0 N–H and O–H groups in total. The van der Waals surface area contributed by atoms with E-state index < -0.39 is 0 Å². The maximum atomic E-state index is 13.1. The van der Waals surface area contributed by atoms with Crippen molar-refractivity contribution in [3.63, 3.8) is 0 Å². The molecule has 2 atom stereocenters. The molecule has 4 rings (SSSR count). The number of hydrogen-bond acceptors (Lipinski definition) is 6. The van der Waals surface area contributed by atoms with E-state index in [0.29, 0.717) is 37.5 Å². The van der Waals surface area contributed by atoms with E-state index in [1.54, 1.807) is 18.2 Å². The van der Waals surface area contributed by atoms with E-state index >= 15 is 0 Å². The van der Waals surface area contributed by atoms with Crippen molar-refractivity contribution in [2.75, 3.05) is 20.3 Å². The Labute approximate surface area is 175 Å². The van der Waals surface area contributed by atoms with Crippen molar-refractivity contribution < 1.29 is 23.8 Å². The van der Waals surface area contributed by atoms with Crippen LogP contribution >= 0.6 is 0 Å². The first kappa shape index (κ1) is 20.3. The molecule has 0 radical (unpaired) electrons. The highest BCUT2D eigenvalue weighted by molar-refractivity contribution is 5.98. The maximum absolute atomic E-state index is 13.1. The fourth-order valence-electron chi connectivity index (χ4n) is 4.37. The summed E-state index contributed by atoms with van der Waals surface area (Å²) in [6.07, 6.45) is 2.34. The molecule has 0 aliphatic carbocycles. The first-order chi connectivity index (χ1) is 14.6. The van der Waals surface area contributed by atoms with Gasteiger partial charge in [-0.25, -0.2) is 9.78 Å². The van der Waals surface area contributed by atoms with Crippen LogP contribution in [-0.4, -0.2) is 54.2 Å². The van der Waals surface area contributed by atoms with Gasteiger partial charge in [0.05, 0.1) is 32.4 Å². The van der Waals surface area contributed by atoms with Gasteiger partial charge in [-0.1, -0.05) is 30.3 Å². The third kappa shape index (κ3) is 4.16. The zero-order chi connectivity index (χ0) is 21.1. The van der Waals surface area contributed by atoms with E-state index in [9.17, 15) is 9.59 Å². The van der Waals surface area contributed by atoms with Crippen molar-refractivity contribution in [3.8, 4) is 5.88 Å². The van der Waals surface area contributed by atoms with Crippen LogP contribution in [0.25, 0.3) is 0 Å². The highest BCUT2D eigenvalue weighted by Gasteiger charge is 2.44. The Morgan fingerprint density at radius 1 is 1.17 bits per heavy atom. The van der Waals surface area contributed by atoms with E-state index in [1.165, 1.54) is 0 Å². The summed E-state index contributed by atoms with van der Waals surface area (Å²) in [5.74, 6) is 0.409. The van der Waals surface area contributed by atoms with E-state index in [0.717, 1.165) is 11.1 Å². The molecule has 1 aromatic heterocycles. The second kappa shape index (κ2) is 8.83. The van der Waals surface area contributed by atoms with Crippen molar-refractivity contribution in [1.29, 1.82) is 0 Å².